The van der Waals surface area contributed by atoms with Crippen molar-refractivity contribution in [1.82, 2.24) is 0 Å². The fourth-order valence-corrected chi connectivity index (χ4v) is 8.87. The number of allylic oxidation sites excluding steroid dienone is 2. The molecule has 0 spiro atoms. The largest absolute Gasteiger partial charge is 0.0845 e. The van der Waals surface area contributed by atoms with Gasteiger partial charge in [0.05, 0.1) is 0 Å². The molecule has 4 aliphatic carbocycles. The van der Waals surface area contributed by atoms with E-state index >= 15 is 0 Å². The summed E-state index contributed by atoms with van der Waals surface area (Å²) in [6.07, 6.45) is 19.0. The Labute approximate surface area is 193 Å². The van der Waals surface area contributed by atoms with Gasteiger partial charge in [-0.3, -0.25) is 0 Å². The summed E-state index contributed by atoms with van der Waals surface area (Å²) < 4.78 is 0. The third-order valence-electron chi connectivity index (χ3n) is 10.6. The van der Waals surface area contributed by atoms with Crippen molar-refractivity contribution in [2.45, 2.75) is 126 Å². The van der Waals surface area contributed by atoms with Gasteiger partial charge in [-0.05, 0) is 104 Å². The van der Waals surface area contributed by atoms with Gasteiger partial charge < -0.3 is 0 Å². The predicted octanol–water partition coefficient (Wildman–Crippen LogP) is 10.2. The van der Waals surface area contributed by atoms with Gasteiger partial charge in [0.1, 0.15) is 0 Å². The number of hydrogen-bond acceptors (Lipinski definition) is 0. The molecule has 178 valence electrons. The summed E-state index contributed by atoms with van der Waals surface area (Å²) in [6, 6.07) is 0. The molecule has 30 heavy (non-hydrogen) atoms. The summed E-state index contributed by atoms with van der Waals surface area (Å²) in [7, 11) is 0. The number of rotatable bonds is 5. The lowest BCUT2D eigenvalue weighted by Crippen LogP contribution is -2.50. The van der Waals surface area contributed by atoms with Crippen LogP contribution in [0, 0.1) is 52.3 Å². The van der Waals surface area contributed by atoms with Crippen molar-refractivity contribution in [3.63, 3.8) is 0 Å². The molecule has 8 atom stereocenters. The molecular weight excluding hydrogens is 360 g/mol. The highest BCUT2D eigenvalue weighted by molar-refractivity contribution is 5.25. The van der Waals surface area contributed by atoms with Gasteiger partial charge in [0.15, 0.2) is 0 Å². The van der Waals surface area contributed by atoms with Gasteiger partial charge in [0, 0.05) is 2.85 Å². The quantitative estimate of drug-likeness (QED) is 0.389. The van der Waals surface area contributed by atoms with E-state index in [-0.39, 0.29) is 2.85 Å². The first kappa shape index (κ1) is 24.4. The summed E-state index contributed by atoms with van der Waals surface area (Å²) in [5.41, 5.74) is 3.06. The zero-order chi connectivity index (χ0) is 22.1. The summed E-state index contributed by atoms with van der Waals surface area (Å²) in [5, 5.41) is 0. The van der Waals surface area contributed by atoms with E-state index in [9.17, 15) is 0 Å². The van der Waals surface area contributed by atoms with Gasteiger partial charge in [-0.2, -0.15) is 0 Å². The van der Waals surface area contributed by atoms with Crippen molar-refractivity contribution in [2.24, 2.45) is 52.3 Å². The average Bonchev–Trinajstić information content (AvgIpc) is 3.07. The smallest absolute Gasteiger partial charge is 0 e. The molecule has 0 bridgehead atoms. The van der Waals surface area contributed by atoms with E-state index in [4.69, 9.17) is 0 Å². The standard InChI is InChI=1S/C28H48.C2H6.2H2/c1-19(2)8-7-9-21(4)24-12-13-25-23-11-10-22-18-20(3)14-16-27(22,5)26(23)15-17-28(24,25)6;1-2;;/h10,19-21,23-26H,7-9,11-18H2,1-6H3;1-2H3;2*1H/t20-,21+,23-,24+,25?,26?,27-,28+;;;/m0.../s1. The first-order chi connectivity index (χ1) is 14.3. The van der Waals surface area contributed by atoms with Gasteiger partial charge in [-0.1, -0.05) is 86.3 Å². The molecule has 0 nitrogen and oxygen atoms in total. The van der Waals surface area contributed by atoms with Crippen molar-refractivity contribution in [3.8, 4) is 0 Å². The SMILES string of the molecule is CC.CC(C)CCC[C@@H](C)[C@H]1CCC2[C@@H]3CC=C4C[C@@H](C)CC[C@]4(C)C3CC[C@@]21C.[HH].[HH]. The molecule has 3 fully saturated rings. The highest BCUT2D eigenvalue weighted by Crippen LogP contribution is 2.67. The topological polar surface area (TPSA) is 0 Å². The lowest BCUT2D eigenvalue weighted by Gasteiger charge is -2.58. The van der Waals surface area contributed by atoms with Crippen LogP contribution in [0.4, 0.5) is 0 Å². The van der Waals surface area contributed by atoms with E-state index in [1.807, 2.05) is 19.4 Å². The Hall–Kier alpha value is -0.260. The maximum absolute atomic E-state index is 2.75. The van der Waals surface area contributed by atoms with Gasteiger partial charge >= 0.3 is 0 Å². The third-order valence-corrected chi connectivity index (χ3v) is 10.6. The maximum atomic E-state index is 2.75. The van der Waals surface area contributed by atoms with Crippen LogP contribution in [0.15, 0.2) is 11.6 Å². The summed E-state index contributed by atoms with van der Waals surface area (Å²) >= 11 is 0. The molecular formula is C30H58. The van der Waals surface area contributed by atoms with Gasteiger partial charge in [0.2, 0.25) is 0 Å². The molecule has 0 aromatic carbocycles. The van der Waals surface area contributed by atoms with Crippen LogP contribution in [-0.2, 0) is 0 Å². The Morgan fingerprint density at radius 1 is 0.967 bits per heavy atom. The van der Waals surface area contributed by atoms with Crippen LogP contribution < -0.4 is 0 Å². The van der Waals surface area contributed by atoms with Crippen LogP contribution in [0.1, 0.15) is 129 Å². The Bertz CT molecular complexity index is 596. The highest BCUT2D eigenvalue weighted by atomic mass is 14.6. The number of fused-ring (bicyclic) bond motifs is 5. The molecule has 0 heteroatoms. The van der Waals surface area contributed by atoms with Gasteiger partial charge in [0.25, 0.3) is 0 Å². The molecule has 0 aromatic rings. The summed E-state index contributed by atoms with van der Waals surface area (Å²) in [6.45, 7) is 19.3. The second kappa shape index (κ2) is 9.70. The molecule has 0 radical (unpaired) electrons. The van der Waals surface area contributed by atoms with Crippen molar-refractivity contribution in [3.05, 3.63) is 11.6 Å². The minimum Gasteiger partial charge on any atom is -0.0845 e. The van der Waals surface area contributed by atoms with Crippen molar-refractivity contribution in [1.29, 1.82) is 0 Å². The minimum absolute atomic E-state index is 0. The zero-order valence-electron chi connectivity index (χ0n) is 21.9. The lowest BCUT2D eigenvalue weighted by molar-refractivity contribution is -0.0523. The van der Waals surface area contributed by atoms with Crippen LogP contribution in [0.2, 0.25) is 0 Å². The van der Waals surface area contributed by atoms with Crippen molar-refractivity contribution in [2.75, 3.05) is 0 Å². The first-order valence-corrected chi connectivity index (χ1v) is 13.9. The van der Waals surface area contributed by atoms with E-state index in [0.29, 0.717) is 10.8 Å². The van der Waals surface area contributed by atoms with E-state index in [0.717, 1.165) is 41.4 Å². The van der Waals surface area contributed by atoms with E-state index in [2.05, 4.69) is 47.6 Å². The Kier molecular flexibility index (Phi) is 7.89. The Morgan fingerprint density at radius 3 is 2.40 bits per heavy atom. The summed E-state index contributed by atoms with van der Waals surface area (Å²) in [5.74, 6) is 6.73. The molecule has 4 rings (SSSR count). The molecule has 2 unspecified atom stereocenters. The van der Waals surface area contributed by atoms with Crippen LogP contribution >= 0.6 is 0 Å². The third kappa shape index (κ3) is 4.32. The second-order valence-electron chi connectivity index (χ2n) is 12.6. The van der Waals surface area contributed by atoms with E-state index in [1.165, 1.54) is 70.6 Å². The van der Waals surface area contributed by atoms with Gasteiger partial charge in [-0.25, -0.2) is 0 Å². The molecule has 0 aromatic heterocycles. The summed E-state index contributed by atoms with van der Waals surface area (Å²) in [4.78, 5) is 0. The number of hydrogen-bond donors (Lipinski definition) is 0. The molecule has 0 heterocycles. The highest BCUT2D eigenvalue weighted by Gasteiger charge is 2.58. The van der Waals surface area contributed by atoms with Gasteiger partial charge in [-0.15, -0.1) is 0 Å². The van der Waals surface area contributed by atoms with E-state index in [1.54, 1.807) is 0 Å². The predicted molar refractivity (Wildman–Crippen MR) is 138 cm³/mol. The Balaban J connectivity index is 0.00000125. The molecule has 0 aliphatic heterocycles. The fourth-order valence-electron chi connectivity index (χ4n) is 8.87. The van der Waals surface area contributed by atoms with E-state index < -0.39 is 0 Å². The molecule has 4 aliphatic rings. The molecule has 0 amide bonds. The molecule has 3 saturated carbocycles. The second-order valence-corrected chi connectivity index (χ2v) is 12.6. The monoisotopic (exact) mass is 418 g/mol. The maximum Gasteiger partial charge on any atom is 0 e. The lowest BCUT2D eigenvalue weighted by atomic mass is 9.46. The zero-order valence-corrected chi connectivity index (χ0v) is 21.9. The van der Waals surface area contributed by atoms with Crippen LogP contribution in [0.5, 0.6) is 0 Å². The minimum atomic E-state index is 0. The Morgan fingerprint density at radius 2 is 1.70 bits per heavy atom. The van der Waals surface area contributed by atoms with Crippen LogP contribution in [0.3, 0.4) is 0 Å². The van der Waals surface area contributed by atoms with Crippen molar-refractivity contribution < 1.29 is 2.85 Å². The van der Waals surface area contributed by atoms with Crippen LogP contribution in [-0.4, -0.2) is 0 Å². The van der Waals surface area contributed by atoms with Crippen LogP contribution in [0.25, 0.3) is 0 Å². The molecule has 0 N–H and O–H groups in total. The fraction of sp³-hybridized carbons (Fsp3) is 0.933. The van der Waals surface area contributed by atoms with Crippen molar-refractivity contribution >= 4 is 0 Å². The first-order valence-electron chi connectivity index (χ1n) is 13.9. The average molecular weight is 419 g/mol. The molecule has 0 saturated heterocycles. The normalized spacial score (nSPS) is 43.6.